The van der Waals surface area contributed by atoms with E-state index in [0.717, 1.165) is 33.7 Å². The van der Waals surface area contributed by atoms with E-state index in [4.69, 9.17) is 9.31 Å². The van der Waals surface area contributed by atoms with Gasteiger partial charge in [0, 0.05) is 48.3 Å². The van der Waals surface area contributed by atoms with Crippen molar-refractivity contribution in [1.82, 2.24) is 0 Å². The Morgan fingerprint density at radius 3 is 0.690 bits per heavy atom. The number of para-hydroxylation sites is 6. The fraction of sp³-hybridized carbons (Fsp3) is 0.0698. The molecule has 0 saturated carbocycles. The Hall–Kier alpha value is 3.91. The third-order valence-electron chi connectivity index (χ3n) is 23.8. The molecule has 0 radical (unpaired) electrons. The zero-order chi connectivity index (χ0) is 105. The highest BCUT2D eigenvalue weighted by Crippen LogP contribution is 3.40. The molecule has 20 unspecified atom stereocenters. The predicted molar refractivity (Wildman–Crippen MR) is 718 cm³/mol. The van der Waals surface area contributed by atoms with Crippen LogP contribution >= 0.6 is 304 Å². The number of benzene rings is 13. The number of hydrogen-bond acceptors (Lipinski definition) is 17. The van der Waals surface area contributed by atoms with E-state index in [-0.39, 0.29) is 179 Å². The first-order valence-corrected chi connectivity index (χ1v) is 113. The van der Waals surface area contributed by atoms with E-state index in [9.17, 15) is 51.7 Å². The second-order valence-corrected chi connectivity index (χ2v) is 182. The molecule has 6 aliphatic rings. The molecule has 1 fully saturated rings. The molecular formula is C86H96BBr2N3O14P34S5. The van der Waals surface area contributed by atoms with Gasteiger partial charge in [0.15, 0.2) is 11.6 Å². The number of nitrogens with zero attached hydrogens (tertiary/aromatic N) is 3. The SMILES string of the molecule is CC1(C)OB(c2ccc(N3c4ccccc4S(=O)(=O)c4ccccc43)cc2)OC1(C)C.O=C1c2cc(-c3ccc(N4c5ccccc5S(=O)(=O)c5ccccc54)cc3)ccc2S(=O)(=O)c2ccc(-c3ccc(N4c5ccccc5S(=O)(=O)c5ccccc54)cc3)cc21.O=C1c2cc(Br)ccc2S(=O)(=O)c2ccc(Br)cc21.PP(P)P(P(P)P)P(P(P)P)P(P(P(P)P)P(P)P)P(P(P(P)P)P(P)P)P(P(P)P)P(P)P. The zero-order valence-electron chi connectivity index (χ0n) is 76.7. The summed E-state index contributed by atoms with van der Waals surface area (Å²) in [5, 5.41) is 0. The molecule has 19 rings (SSSR count). The maximum Gasteiger partial charge on any atom is 0.494 e. The Balaban J connectivity index is 0.000000152. The molecule has 0 bridgehead atoms. The van der Waals surface area contributed by atoms with Crippen molar-refractivity contribution >= 4 is 429 Å². The van der Waals surface area contributed by atoms with Gasteiger partial charge in [0.25, 0.3) is 0 Å². The van der Waals surface area contributed by atoms with Crippen molar-refractivity contribution in [3.05, 3.63) is 322 Å². The van der Waals surface area contributed by atoms with Gasteiger partial charge in [-0.2, -0.15) is 0 Å². The minimum absolute atomic E-state index is 0.000249. The number of fused-ring (bicyclic) bond motifs is 10. The highest BCUT2D eigenvalue weighted by Gasteiger charge is 2.55. The maximum absolute atomic E-state index is 14.3. The lowest BCUT2D eigenvalue weighted by Gasteiger charge is -2.54. The molecular weight excluding hydrogens is 2680 g/mol. The number of hydrogen-bond donors (Lipinski definition) is 0. The summed E-state index contributed by atoms with van der Waals surface area (Å²) in [6.45, 7) is 7.35. The number of sulfone groups is 5. The van der Waals surface area contributed by atoms with Crippen molar-refractivity contribution in [3.63, 3.8) is 0 Å². The number of carbonyl (C=O) groups excluding carboxylic acids is 2. The van der Waals surface area contributed by atoms with Crippen LogP contribution in [0, 0.1) is 0 Å². The normalized spacial score (nSPS) is 16.8. The average Bonchev–Trinajstić information content (AvgIpc) is 1.66. The summed E-state index contributed by atoms with van der Waals surface area (Å²) in [6, 6.07) is 83.3. The second-order valence-electron chi connectivity index (χ2n) is 33.3. The van der Waals surface area contributed by atoms with Crippen molar-refractivity contribution in [2.45, 2.75) is 87.9 Å². The lowest BCUT2D eigenvalue weighted by atomic mass is 9.79. The standard InChI is InChI=1S/C49H30N2O7S3.C24H24BNO4S.C13H6Br2O3S.H36P34/c52-49-37-29-33(31-17-23-35(24-18-31)50-39-9-1-5-13-45(39)60(55,56)46-14-6-2-10-40(46)50)21-27-43(37)59(53,54)44-28-22-34(30-38(44)49)32-19-25-36(26-20-32)51-41-11-3-7-15-47(41)61(57,58)48-16-8-4-12-42(48)51;1-23(2)24(3,4)30-25(29-23)17-13-15-18(16-14-17)26-19-9-5-7-11-21(19)31(27,28)22-12-8-6-10-20(22)26;14-7-1-3-11-9(5-7)13(16)10-6-8(15)2-4-12(10)19(11,17)18;1-19(2)28(20(3)4)32(27(17)18)34(31(25(13)14)26(15)16)33(29(21(5)6)22(7)8)30(23(9)10)24(11)12/h1-30H;5-16H,1-4H3;1-6H;1-18H2. The van der Waals surface area contributed by atoms with Crippen LogP contribution in [0.15, 0.2) is 349 Å². The summed E-state index contributed by atoms with van der Waals surface area (Å²) in [5.41, 5.74) is 9.15. The number of anilines is 9. The van der Waals surface area contributed by atoms with Gasteiger partial charge in [-0.25, -0.2) is 42.1 Å². The number of carbonyl (C=O) groups is 2. The van der Waals surface area contributed by atoms with E-state index in [0.29, 0.717) is 64.0 Å². The van der Waals surface area contributed by atoms with Gasteiger partial charge in [-0.1, -0.05) is 153 Å². The lowest BCUT2D eigenvalue weighted by molar-refractivity contribution is 0.00578. The summed E-state index contributed by atoms with van der Waals surface area (Å²) >= 11 is 6.51. The van der Waals surface area contributed by atoms with Crippen LogP contribution in [0.2, 0.25) is 0 Å². The third-order valence-corrected chi connectivity index (χ3v) is 260. The van der Waals surface area contributed by atoms with Gasteiger partial charge in [-0.15, -0.1) is 161 Å². The van der Waals surface area contributed by atoms with Gasteiger partial charge in [0.05, 0.1) is 94.3 Å². The third kappa shape index (κ3) is 25.0. The molecule has 1 saturated heterocycles. The molecule has 0 spiro atoms. The largest absolute Gasteiger partial charge is 0.494 e. The smallest absolute Gasteiger partial charge is 0.399 e. The predicted octanol–water partition coefficient (Wildman–Crippen LogP) is 38.5. The fourth-order valence-corrected chi connectivity index (χ4v) is 486. The summed E-state index contributed by atoms with van der Waals surface area (Å²) in [5.74, 6) is -0.690. The zero-order valence-corrected chi connectivity index (χ0v) is 119. The monoisotopic (exact) mass is 2780 g/mol. The topological polar surface area (TPSA) is 233 Å². The van der Waals surface area contributed by atoms with E-state index in [1.54, 1.807) is 170 Å². The van der Waals surface area contributed by atoms with Gasteiger partial charge in [0.2, 0.25) is 49.2 Å². The van der Waals surface area contributed by atoms with E-state index in [1.165, 1.54) is 24.3 Å². The molecule has 59 heteroatoms. The van der Waals surface area contributed by atoms with Crippen LogP contribution in [0.4, 0.5) is 51.2 Å². The van der Waals surface area contributed by atoms with Crippen molar-refractivity contribution < 1.29 is 61.0 Å². The molecule has 6 aliphatic heterocycles. The van der Waals surface area contributed by atoms with Crippen LogP contribution in [0.5, 0.6) is 0 Å². The van der Waals surface area contributed by atoms with Crippen molar-refractivity contribution in [1.29, 1.82) is 0 Å². The van der Waals surface area contributed by atoms with Crippen LogP contribution in [-0.2, 0) is 58.5 Å². The Kier molecular flexibility index (Phi) is 42.1. The number of halogens is 2. The summed E-state index contributed by atoms with van der Waals surface area (Å²) in [6.07, 6.45) is 0. The van der Waals surface area contributed by atoms with Gasteiger partial charge in [0.1, 0.15) is 0 Å². The molecule has 145 heavy (non-hydrogen) atoms. The molecule has 0 amide bonds. The first-order chi connectivity index (χ1) is 68.4. The fourth-order valence-electron chi connectivity index (χ4n) is 16.7. The van der Waals surface area contributed by atoms with E-state index in [1.807, 2.05) is 139 Å². The van der Waals surface area contributed by atoms with E-state index >= 15 is 0 Å². The highest BCUT2D eigenvalue weighted by molar-refractivity contribution is 9.46. The van der Waals surface area contributed by atoms with E-state index < -0.39 is 73.3 Å². The van der Waals surface area contributed by atoms with Crippen molar-refractivity contribution in [2.75, 3.05) is 14.7 Å². The minimum Gasteiger partial charge on any atom is -0.399 e. The Morgan fingerprint density at radius 1 is 0.241 bits per heavy atom. The molecule has 17 nitrogen and oxygen atoms in total. The molecule has 13 aromatic carbocycles. The van der Waals surface area contributed by atoms with Crippen molar-refractivity contribution in [3.8, 4) is 22.3 Å². The molecule has 6 heterocycles. The number of rotatable bonds is 21. The molecule has 13 aromatic rings. The average molecular weight is 2780 g/mol. The molecule has 756 valence electrons. The Labute approximate surface area is 926 Å². The lowest BCUT2D eigenvalue weighted by Crippen LogP contribution is -2.41. The van der Waals surface area contributed by atoms with Gasteiger partial charge >= 0.3 is 7.12 Å². The Morgan fingerprint density at radius 2 is 0.441 bits per heavy atom. The minimum atomic E-state index is -4.04. The summed E-state index contributed by atoms with van der Waals surface area (Å²) in [4.78, 5) is 33.9. The molecule has 20 atom stereocenters. The first-order valence-electron chi connectivity index (χ1n) is 42.5. The quantitative estimate of drug-likeness (QED) is 0.0480. The van der Waals surface area contributed by atoms with Crippen LogP contribution in [-0.4, -0.2) is 72.0 Å². The van der Waals surface area contributed by atoms with E-state index in [2.05, 4.69) is 193 Å². The summed E-state index contributed by atoms with van der Waals surface area (Å²) in [7, 11) is 40.8. The highest BCUT2D eigenvalue weighted by atomic mass is 79.9. The van der Waals surface area contributed by atoms with Crippen LogP contribution in [0.3, 0.4) is 0 Å². The number of ketones is 2. The van der Waals surface area contributed by atoms with Gasteiger partial charge < -0.3 is 24.0 Å². The molecule has 0 aliphatic carbocycles. The van der Waals surface area contributed by atoms with Crippen LogP contribution in [0.25, 0.3) is 22.3 Å². The Bertz CT molecular complexity index is 7340. The van der Waals surface area contributed by atoms with Crippen LogP contribution < -0.4 is 20.2 Å². The second kappa shape index (κ2) is 50.3. The molecule has 0 aromatic heterocycles. The first kappa shape index (κ1) is 121. The van der Waals surface area contributed by atoms with Gasteiger partial charge in [-0.3, -0.25) is 9.59 Å². The molecule has 0 N–H and O–H groups in total. The van der Waals surface area contributed by atoms with Crippen LogP contribution in [0.1, 0.15) is 59.5 Å². The maximum atomic E-state index is 14.3. The van der Waals surface area contributed by atoms with Crippen molar-refractivity contribution in [2.24, 2.45) is 0 Å². The van der Waals surface area contributed by atoms with Gasteiger partial charge in [-0.05, 0) is 337 Å². The summed E-state index contributed by atoms with van der Waals surface area (Å²) < 4.78 is 147.